The van der Waals surface area contributed by atoms with Crippen molar-refractivity contribution in [2.75, 3.05) is 45.2 Å². The number of urea groups is 1. The maximum atomic E-state index is 13.0. The highest BCUT2D eigenvalue weighted by molar-refractivity contribution is 6.29. The predicted molar refractivity (Wildman–Crippen MR) is 131 cm³/mol. The van der Waals surface area contributed by atoms with Crippen LogP contribution in [0.5, 0.6) is 5.88 Å². The van der Waals surface area contributed by atoms with Crippen LogP contribution in [0.3, 0.4) is 0 Å². The number of carbonyl (C=O) groups is 3. The second-order valence-corrected chi connectivity index (χ2v) is 9.30. The summed E-state index contributed by atoms with van der Waals surface area (Å²) in [4.78, 5) is 45.5. The Balaban J connectivity index is 1.33. The number of esters is 1. The fourth-order valence-corrected chi connectivity index (χ4v) is 4.93. The lowest BCUT2D eigenvalue weighted by Crippen LogP contribution is -2.45. The van der Waals surface area contributed by atoms with Crippen LogP contribution in [-0.4, -0.2) is 72.6 Å². The summed E-state index contributed by atoms with van der Waals surface area (Å²) in [5.74, 6) is -0.214. The highest BCUT2D eigenvalue weighted by atomic mass is 35.5. The van der Waals surface area contributed by atoms with Gasteiger partial charge >= 0.3 is 12.0 Å². The normalized spacial score (nSPS) is 16.8. The summed E-state index contributed by atoms with van der Waals surface area (Å²) < 4.78 is 10.2. The number of methoxy groups -OCH3 is 1. The zero-order valence-corrected chi connectivity index (χ0v) is 20.6. The third kappa shape index (κ3) is 5.67. The van der Waals surface area contributed by atoms with Crippen molar-refractivity contribution in [1.29, 1.82) is 0 Å². The van der Waals surface area contributed by atoms with Crippen LogP contribution in [-0.2, 0) is 4.74 Å². The van der Waals surface area contributed by atoms with E-state index in [1.807, 2.05) is 9.80 Å². The number of ether oxygens (including phenoxy) is 2. The molecule has 186 valence electrons. The molecular formula is C25H29ClN4O5. The maximum Gasteiger partial charge on any atom is 0.338 e. The van der Waals surface area contributed by atoms with Gasteiger partial charge in [0.25, 0.3) is 5.91 Å². The minimum Gasteiger partial charge on any atom is -0.481 e. The van der Waals surface area contributed by atoms with Gasteiger partial charge in [-0.15, -0.1) is 0 Å². The Morgan fingerprint density at radius 3 is 2.46 bits per heavy atom. The molecule has 35 heavy (non-hydrogen) atoms. The molecule has 0 aliphatic carbocycles. The fourth-order valence-electron chi connectivity index (χ4n) is 4.73. The molecule has 1 spiro atoms. The molecule has 4 rings (SSSR count). The second-order valence-electron chi connectivity index (χ2n) is 8.92. The summed E-state index contributed by atoms with van der Waals surface area (Å²) in [5, 5.41) is 3.11. The van der Waals surface area contributed by atoms with E-state index in [9.17, 15) is 14.4 Å². The standard InChI is InChI=1S/C25H29ClN4O5/c1-3-35-23(32)17-5-4-6-19(13-17)27-24(33)30-12-9-25(16-30)7-10-29(11-8-25)22(31)18-14-20(26)28-21(15-18)34-2/h4-6,13-15H,3,7-12,16H2,1-2H3,(H,27,33). The Kier molecular flexibility index (Phi) is 7.45. The van der Waals surface area contributed by atoms with Crippen molar-refractivity contribution in [3.63, 3.8) is 0 Å². The number of nitrogens with zero attached hydrogens (tertiary/aromatic N) is 3. The van der Waals surface area contributed by atoms with Crippen molar-refractivity contribution in [2.24, 2.45) is 5.41 Å². The number of benzene rings is 1. The van der Waals surface area contributed by atoms with E-state index in [1.54, 1.807) is 43.3 Å². The summed E-state index contributed by atoms with van der Waals surface area (Å²) >= 11 is 6.02. The molecule has 1 aromatic carbocycles. The molecule has 2 fully saturated rings. The van der Waals surface area contributed by atoms with Crippen molar-refractivity contribution in [2.45, 2.75) is 26.2 Å². The van der Waals surface area contributed by atoms with Crippen LogP contribution in [0, 0.1) is 5.41 Å². The van der Waals surface area contributed by atoms with Crippen LogP contribution in [0.25, 0.3) is 0 Å². The summed E-state index contributed by atoms with van der Waals surface area (Å²) in [6, 6.07) is 9.69. The lowest BCUT2D eigenvalue weighted by atomic mass is 9.77. The second kappa shape index (κ2) is 10.5. The van der Waals surface area contributed by atoms with Crippen molar-refractivity contribution < 1.29 is 23.9 Å². The van der Waals surface area contributed by atoms with E-state index in [4.69, 9.17) is 21.1 Å². The van der Waals surface area contributed by atoms with Gasteiger partial charge in [0.15, 0.2) is 0 Å². The lowest BCUT2D eigenvalue weighted by Gasteiger charge is -2.39. The molecule has 3 amide bonds. The molecule has 0 radical (unpaired) electrons. The van der Waals surface area contributed by atoms with Gasteiger partial charge in [-0.25, -0.2) is 14.6 Å². The number of anilines is 1. The Morgan fingerprint density at radius 1 is 1.06 bits per heavy atom. The number of amides is 3. The van der Waals surface area contributed by atoms with E-state index in [-0.39, 0.29) is 22.5 Å². The number of hydrogen-bond donors (Lipinski definition) is 1. The van der Waals surface area contributed by atoms with Crippen LogP contribution in [0.15, 0.2) is 36.4 Å². The monoisotopic (exact) mass is 500 g/mol. The first kappa shape index (κ1) is 24.8. The first-order chi connectivity index (χ1) is 16.8. The number of aromatic nitrogens is 1. The number of hydrogen-bond acceptors (Lipinski definition) is 6. The van der Waals surface area contributed by atoms with E-state index in [0.29, 0.717) is 55.5 Å². The number of piperidine rings is 1. The zero-order valence-electron chi connectivity index (χ0n) is 19.9. The SMILES string of the molecule is CCOC(=O)c1cccc(NC(=O)N2CCC3(CCN(C(=O)c4cc(Cl)nc(OC)c4)CC3)C2)c1. The Bertz CT molecular complexity index is 1120. The summed E-state index contributed by atoms with van der Waals surface area (Å²) in [7, 11) is 1.48. The van der Waals surface area contributed by atoms with E-state index in [2.05, 4.69) is 10.3 Å². The van der Waals surface area contributed by atoms with Crippen LogP contribution in [0.1, 0.15) is 46.9 Å². The molecule has 0 unspecified atom stereocenters. The highest BCUT2D eigenvalue weighted by Crippen LogP contribution is 2.41. The van der Waals surface area contributed by atoms with E-state index < -0.39 is 5.97 Å². The average Bonchev–Trinajstić information content (AvgIpc) is 3.27. The van der Waals surface area contributed by atoms with Crippen LogP contribution >= 0.6 is 11.6 Å². The third-order valence-electron chi connectivity index (χ3n) is 6.69. The first-order valence-electron chi connectivity index (χ1n) is 11.7. The molecule has 2 aliphatic heterocycles. The van der Waals surface area contributed by atoms with Crippen molar-refractivity contribution in [3.8, 4) is 5.88 Å². The van der Waals surface area contributed by atoms with Crippen LogP contribution in [0.2, 0.25) is 5.15 Å². The molecule has 9 nitrogen and oxygen atoms in total. The molecule has 0 atom stereocenters. The number of halogens is 1. The van der Waals surface area contributed by atoms with Gasteiger partial charge in [-0.1, -0.05) is 17.7 Å². The molecular weight excluding hydrogens is 472 g/mol. The van der Waals surface area contributed by atoms with Gasteiger partial charge in [0.2, 0.25) is 5.88 Å². The van der Waals surface area contributed by atoms with Gasteiger partial charge in [-0.3, -0.25) is 4.79 Å². The van der Waals surface area contributed by atoms with Crippen LogP contribution in [0.4, 0.5) is 10.5 Å². The molecule has 2 saturated heterocycles. The number of likely N-dealkylation sites (tertiary alicyclic amines) is 2. The van der Waals surface area contributed by atoms with Crippen molar-refractivity contribution in [1.82, 2.24) is 14.8 Å². The van der Waals surface area contributed by atoms with Gasteiger partial charge in [-0.05, 0) is 55.9 Å². The number of nitrogens with one attached hydrogen (secondary N) is 1. The van der Waals surface area contributed by atoms with Crippen molar-refractivity contribution in [3.05, 3.63) is 52.7 Å². The molecule has 1 aromatic heterocycles. The van der Waals surface area contributed by atoms with Gasteiger partial charge in [0.1, 0.15) is 5.15 Å². The van der Waals surface area contributed by atoms with E-state index in [0.717, 1.165) is 19.3 Å². The average molecular weight is 501 g/mol. The first-order valence-corrected chi connectivity index (χ1v) is 12.0. The molecule has 0 saturated carbocycles. The minimum absolute atomic E-state index is 0.00548. The lowest BCUT2D eigenvalue weighted by molar-refractivity contribution is 0.0525. The number of carbonyl (C=O) groups excluding carboxylic acids is 3. The van der Waals surface area contributed by atoms with Crippen molar-refractivity contribution >= 4 is 35.2 Å². The van der Waals surface area contributed by atoms with E-state index in [1.165, 1.54) is 7.11 Å². The van der Waals surface area contributed by atoms with Gasteiger partial charge in [0, 0.05) is 43.5 Å². The Labute approximate surface area is 209 Å². The Morgan fingerprint density at radius 2 is 1.77 bits per heavy atom. The third-order valence-corrected chi connectivity index (χ3v) is 6.88. The minimum atomic E-state index is -0.419. The topological polar surface area (TPSA) is 101 Å². The molecule has 2 aliphatic rings. The number of rotatable bonds is 5. The fraction of sp³-hybridized carbons (Fsp3) is 0.440. The smallest absolute Gasteiger partial charge is 0.338 e. The summed E-state index contributed by atoms with van der Waals surface area (Å²) in [6.45, 7) is 4.54. The molecule has 0 bridgehead atoms. The highest BCUT2D eigenvalue weighted by Gasteiger charge is 2.43. The summed E-state index contributed by atoms with van der Waals surface area (Å²) in [5.41, 5.74) is 1.39. The predicted octanol–water partition coefficient (Wildman–Crippen LogP) is 4.08. The molecule has 2 aromatic rings. The van der Waals surface area contributed by atoms with Crippen LogP contribution < -0.4 is 10.1 Å². The molecule has 3 heterocycles. The van der Waals surface area contributed by atoms with E-state index >= 15 is 0 Å². The van der Waals surface area contributed by atoms with Gasteiger partial charge < -0.3 is 24.6 Å². The quantitative estimate of drug-likeness (QED) is 0.490. The number of pyridine rings is 1. The maximum absolute atomic E-state index is 13.0. The molecule has 1 N–H and O–H groups in total. The van der Waals surface area contributed by atoms with Gasteiger partial charge in [0.05, 0.1) is 19.3 Å². The molecule has 10 heteroatoms. The Hall–Kier alpha value is -3.33. The zero-order chi connectivity index (χ0) is 25.0. The summed E-state index contributed by atoms with van der Waals surface area (Å²) in [6.07, 6.45) is 2.52. The van der Waals surface area contributed by atoms with Gasteiger partial charge in [-0.2, -0.15) is 0 Å². The largest absolute Gasteiger partial charge is 0.481 e.